The average molecular weight is 223 g/mol. The molecule has 3 rings (SSSR count). The van der Waals surface area contributed by atoms with Gasteiger partial charge in [-0.1, -0.05) is 0 Å². The zero-order valence-electron chi connectivity index (χ0n) is 8.35. The van der Waals surface area contributed by atoms with Gasteiger partial charge in [-0.25, -0.2) is 0 Å². The number of nitrogens with one attached hydrogen (secondary N) is 1. The van der Waals surface area contributed by atoms with Gasteiger partial charge in [0.15, 0.2) is 0 Å². The molecule has 0 saturated carbocycles. The van der Waals surface area contributed by atoms with Crippen molar-refractivity contribution in [2.24, 2.45) is 0 Å². The number of fused-ring (bicyclic) bond motifs is 2. The molecule has 1 amide bonds. The molecule has 5 heteroatoms. The highest BCUT2D eigenvalue weighted by Gasteiger charge is 2.39. The summed E-state index contributed by atoms with van der Waals surface area (Å²) in [5, 5.41) is 3.37. The number of aromatic nitrogens is 1. The van der Waals surface area contributed by atoms with E-state index in [4.69, 9.17) is 0 Å². The van der Waals surface area contributed by atoms with Crippen LogP contribution < -0.4 is 5.32 Å². The van der Waals surface area contributed by atoms with Crippen molar-refractivity contribution in [1.29, 1.82) is 0 Å². The van der Waals surface area contributed by atoms with Crippen molar-refractivity contribution in [3.05, 3.63) is 16.6 Å². The fourth-order valence-electron chi connectivity index (χ4n) is 2.56. The number of piperazine rings is 1. The molecule has 2 bridgehead atoms. The summed E-state index contributed by atoms with van der Waals surface area (Å²) in [6.45, 7) is 1.89. The first-order valence-electron chi connectivity index (χ1n) is 5.28. The smallest absolute Gasteiger partial charge is 0.266 e. The second-order valence-corrected chi connectivity index (χ2v) is 5.01. The number of hydrogen-bond acceptors (Lipinski definition) is 4. The zero-order valence-corrected chi connectivity index (χ0v) is 9.17. The van der Waals surface area contributed by atoms with E-state index in [0.29, 0.717) is 12.1 Å². The SMILES string of the molecule is O=C(c1cncs1)N1C2CCC1CNC2. The third kappa shape index (κ3) is 1.46. The summed E-state index contributed by atoms with van der Waals surface area (Å²) < 4.78 is 0. The highest BCUT2D eigenvalue weighted by atomic mass is 32.1. The first kappa shape index (κ1) is 9.30. The van der Waals surface area contributed by atoms with Gasteiger partial charge in [0.05, 0.1) is 11.7 Å². The molecule has 0 aliphatic carbocycles. The topological polar surface area (TPSA) is 45.2 Å². The van der Waals surface area contributed by atoms with E-state index in [1.54, 1.807) is 11.7 Å². The molecule has 0 aromatic carbocycles. The maximum atomic E-state index is 12.2. The van der Waals surface area contributed by atoms with Crippen LogP contribution in [0.5, 0.6) is 0 Å². The molecule has 15 heavy (non-hydrogen) atoms. The Morgan fingerprint density at radius 3 is 2.80 bits per heavy atom. The number of nitrogens with zero attached hydrogens (tertiary/aromatic N) is 2. The molecule has 0 radical (unpaired) electrons. The fraction of sp³-hybridized carbons (Fsp3) is 0.600. The molecule has 1 aromatic rings. The minimum absolute atomic E-state index is 0.173. The molecule has 2 fully saturated rings. The van der Waals surface area contributed by atoms with Crippen molar-refractivity contribution in [2.45, 2.75) is 24.9 Å². The van der Waals surface area contributed by atoms with E-state index in [1.165, 1.54) is 11.3 Å². The number of rotatable bonds is 1. The number of amides is 1. The van der Waals surface area contributed by atoms with E-state index in [1.807, 2.05) is 0 Å². The van der Waals surface area contributed by atoms with Gasteiger partial charge in [0.25, 0.3) is 5.91 Å². The second-order valence-electron chi connectivity index (χ2n) is 4.12. The quantitative estimate of drug-likeness (QED) is 0.763. The van der Waals surface area contributed by atoms with E-state index < -0.39 is 0 Å². The lowest BCUT2D eigenvalue weighted by atomic mass is 10.2. The van der Waals surface area contributed by atoms with Crippen LogP contribution in [0.25, 0.3) is 0 Å². The lowest BCUT2D eigenvalue weighted by molar-refractivity contribution is 0.0624. The van der Waals surface area contributed by atoms with Crippen molar-refractivity contribution in [2.75, 3.05) is 13.1 Å². The Bertz CT molecular complexity index is 349. The predicted octanol–water partition coefficient (Wildman–Crippen LogP) is 0.720. The van der Waals surface area contributed by atoms with E-state index in [2.05, 4.69) is 15.2 Å². The van der Waals surface area contributed by atoms with Crippen molar-refractivity contribution in [3.63, 3.8) is 0 Å². The average Bonchev–Trinajstić information content (AvgIpc) is 2.85. The highest BCUT2D eigenvalue weighted by Crippen LogP contribution is 2.28. The summed E-state index contributed by atoms with van der Waals surface area (Å²) >= 11 is 1.43. The summed E-state index contributed by atoms with van der Waals surface area (Å²) in [5.41, 5.74) is 1.72. The molecule has 2 aliphatic rings. The third-order valence-electron chi connectivity index (χ3n) is 3.26. The molecular weight excluding hydrogens is 210 g/mol. The number of carbonyl (C=O) groups is 1. The molecule has 1 aromatic heterocycles. The lowest BCUT2D eigenvalue weighted by Gasteiger charge is -2.34. The standard InChI is InChI=1S/C10H13N3OS/c14-10(9-5-12-6-15-9)13-7-1-2-8(13)4-11-3-7/h5-8,11H,1-4H2. The molecule has 2 saturated heterocycles. The molecule has 80 valence electrons. The minimum atomic E-state index is 0.173. The largest absolute Gasteiger partial charge is 0.329 e. The normalized spacial score (nSPS) is 29.5. The fourth-order valence-corrected chi connectivity index (χ4v) is 3.12. The molecule has 2 atom stereocenters. The van der Waals surface area contributed by atoms with Gasteiger partial charge in [0, 0.05) is 25.2 Å². The number of carbonyl (C=O) groups excluding carboxylic acids is 1. The zero-order chi connectivity index (χ0) is 10.3. The van der Waals surface area contributed by atoms with Crippen LogP contribution in [0.15, 0.2) is 11.7 Å². The maximum absolute atomic E-state index is 12.2. The van der Waals surface area contributed by atoms with Crippen LogP contribution in [0.4, 0.5) is 0 Å². The van der Waals surface area contributed by atoms with Gasteiger partial charge in [-0.3, -0.25) is 9.78 Å². The summed E-state index contributed by atoms with van der Waals surface area (Å²) in [7, 11) is 0. The van der Waals surface area contributed by atoms with Gasteiger partial charge in [0.2, 0.25) is 0 Å². The van der Waals surface area contributed by atoms with Gasteiger partial charge in [0.1, 0.15) is 4.88 Å². The molecule has 0 spiro atoms. The third-order valence-corrected chi connectivity index (χ3v) is 4.02. The van der Waals surface area contributed by atoms with Crippen molar-refractivity contribution >= 4 is 17.2 Å². The molecule has 1 N–H and O–H groups in total. The monoisotopic (exact) mass is 223 g/mol. The van der Waals surface area contributed by atoms with E-state index in [-0.39, 0.29) is 5.91 Å². The van der Waals surface area contributed by atoms with Crippen LogP contribution in [0, 0.1) is 0 Å². The van der Waals surface area contributed by atoms with Gasteiger partial charge < -0.3 is 10.2 Å². The Kier molecular flexibility index (Phi) is 2.21. The Hall–Kier alpha value is -0.940. The number of thiazole rings is 1. The van der Waals surface area contributed by atoms with Crippen LogP contribution in [0.1, 0.15) is 22.5 Å². The van der Waals surface area contributed by atoms with Crippen LogP contribution in [-0.2, 0) is 0 Å². The van der Waals surface area contributed by atoms with Crippen molar-refractivity contribution in [1.82, 2.24) is 15.2 Å². The van der Waals surface area contributed by atoms with E-state index >= 15 is 0 Å². The van der Waals surface area contributed by atoms with Crippen LogP contribution in [0.2, 0.25) is 0 Å². The van der Waals surface area contributed by atoms with Crippen LogP contribution in [-0.4, -0.2) is 41.0 Å². The Labute approximate surface area is 92.3 Å². The first-order chi connectivity index (χ1) is 7.36. The van der Waals surface area contributed by atoms with Crippen LogP contribution in [0.3, 0.4) is 0 Å². The summed E-state index contributed by atoms with van der Waals surface area (Å²) in [6, 6.07) is 0.802. The lowest BCUT2D eigenvalue weighted by Crippen LogP contribution is -2.54. The van der Waals surface area contributed by atoms with Gasteiger partial charge in [-0.05, 0) is 12.8 Å². The molecule has 4 nitrogen and oxygen atoms in total. The molecule has 3 heterocycles. The number of hydrogen-bond donors (Lipinski definition) is 1. The molecule has 2 unspecified atom stereocenters. The second kappa shape index (κ2) is 3.57. The Morgan fingerprint density at radius 1 is 1.47 bits per heavy atom. The maximum Gasteiger partial charge on any atom is 0.266 e. The van der Waals surface area contributed by atoms with Gasteiger partial charge in [-0.2, -0.15) is 0 Å². The summed E-state index contributed by atoms with van der Waals surface area (Å²) in [5.74, 6) is 0.173. The Balaban J connectivity index is 1.85. The van der Waals surface area contributed by atoms with Gasteiger partial charge in [-0.15, -0.1) is 11.3 Å². The van der Waals surface area contributed by atoms with Crippen LogP contribution >= 0.6 is 11.3 Å². The summed E-state index contributed by atoms with van der Waals surface area (Å²) in [4.78, 5) is 19.0. The minimum Gasteiger partial charge on any atom is -0.329 e. The summed E-state index contributed by atoms with van der Waals surface area (Å²) in [6.07, 6.45) is 3.96. The Morgan fingerprint density at radius 2 is 2.20 bits per heavy atom. The highest BCUT2D eigenvalue weighted by molar-refractivity contribution is 7.11. The van der Waals surface area contributed by atoms with Crippen molar-refractivity contribution < 1.29 is 4.79 Å². The first-order valence-corrected chi connectivity index (χ1v) is 6.16. The molecular formula is C10H13N3OS. The molecule has 2 aliphatic heterocycles. The predicted molar refractivity (Wildman–Crippen MR) is 58.0 cm³/mol. The van der Waals surface area contributed by atoms with Crippen molar-refractivity contribution in [3.8, 4) is 0 Å². The van der Waals surface area contributed by atoms with E-state index in [0.717, 1.165) is 30.8 Å². The van der Waals surface area contributed by atoms with E-state index in [9.17, 15) is 4.79 Å². The van der Waals surface area contributed by atoms with Gasteiger partial charge >= 0.3 is 0 Å².